The van der Waals surface area contributed by atoms with Crippen LogP contribution in [0.5, 0.6) is 0 Å². The molecule has 6 heteroatoms. The van der Waals surface area contributed by atoms with Gasteiger partial charge in [-0.25, -0.2) is 4.99 Å². The largest absolute Gasteiger partial charge is 0.366 e. The molecule has 2 aromatic rings. The van der Waals surface area contributed by atoms with Gasteiger partial charge in [-0.2, -0.15) is 0 Å². The molecule has 0 aliphatic carbocycles. The van der Waals surface area contributed by atoms with E-state index in [9.17, 15) is 4.79 Å². The molecule has 1 heterocycles. The number of carbonyl (C=O) groups excluding carboxylic acids is 1. The van der Waals surface area contributed by atoms with Crippen LogP contribution in [0.3, 0.4) is 0 Å². The van der Waals surface area contributed by atoms with Crippen LogP contribution < -0.4 is 16.4 Å². The minimum absolute atomic E-state index is 0.409. The second-order valence-electron chi connectivity index (χ2n) is 7.44. The van der Waals surface area contributed by atoms with Crippen LogP contribution in [0.4, 0.5) is 0 Å². The molecule has 1 amide bonds. The van der Waals surface area contributed by atoms with Crippen molar-refractivity contribution in [3.8, 4) is 0 Å². The molecule has 1 fully saturated rings. The van der Waals surface area contributed by atoms with E-state index in [0.29, 0.717) is 18.2 Å². The first-order valence-electron chi connectivity index (χ1n) is 10.3. The number of carbonyl (C=O) groups is 1. The van der Waals surface area contributed by atoms with Gasteiger partial charge in [-0.3, -0.25) is 9.69 Å². The van der Waals surface area contributed by atoms with Gasteiger partial charge in [-0.15, -0.1) is 0 Å². The Morgan fingerprint density at radius 1 is 1.07 bits per heavy atom. The average molecular weight is 394 g/mol. The van der Waals surface area contributed by atoms with Crippen molar-refractivity contribution in [3.63, 3.8) is 0 Å². The maximum absolute atomic E-state index is 11.2. The Morgan fingerprint density at radius 3 is 2.38 bits per heavy atom. The van der Waals surface area contributed by atoms with Gasteiger partial charge < -0.3 is 16.4 Å². The summed E-state index contributed by atoms with van der Waals surface area (Å²) < 4.78 is 0. The van der Waals surface area contributed by atoms with Gasteiger partial charge in [-0.1, -0.05) is 42.5 Å². The second kappa shape index (κ2) is 10.6. The molecule has 0 unspecified atom stereocenters. The van der Waals surface area contributed by atoms with Crippen molar-refractivity contribution in [3.05, 3.63) is 71.3 Å². The van der Waals surface area contributed by atoms with Crippen molar-refractivity contribution in [2.75, 3.05) is 19.6 Å². The lowest BCUT2D eigenvalue weighted by atomic mass is 10.0. The summed E-state index contributed by atoms with van der Waals surface area (Å²) in [6, 6.07) is 18.4. The fraction of sp³-hybridized carbons (Fsp3) is 0.391. The van der Waals surface area contributed by atoms with Gasteiger partial charge in [0.15, 0.2) is 5.96 Å². The summed E-state index contributed by atoms with van der Waals surface area (Å²) in [6.45, 7) is 6.63. The Bertz CT molecular complexity index is 796. The van der Waals surface area contributed by atoms with Gasteiger partial charge in [0.25, 0.3) is 0 Å². The number of guanidine groups is 1. The Balaban J connectivity index is 1.50. The van der Waals surface area contributed by atoms with Crippen LogP contribution >= 0.6 is 0 Å². The lowest BCUT2D eigenvalue weighted by Gasteiger charge is -2.33. The third-order valence-corrected chi connectivity index (χ3v) is 5.18. The smallest absolute Gasteiger partial charge is 0.248 e. The van der Waals surface area contributed by atoms with E-state index in [0.717, 1.165) is 50.5 Å². The number of hydrogen-bond donors (Lipinski definition) is 3. The predicted octanol–water partition coefficient (Wildman–Crippen LogP) is 2.51. The molecular weight excluding hydrogens is 362 g/mol. The predicted molar refractivity (Wildman–Crippen MR) is 118 cm³/mol. The lowest BCUT2D eigenvalue weighted by molar-refractivity contribution is 0.100. The van der Waals surface area contributed by atoms with Crippen LogP contribution in [0.2, 0.25) is 0 Å². The fourth-order valence-electron chi connectivity index (χ4n) is 3.54. The highest BCUT2D eigenvalue weighted by Crippen LogP contribution is 2.14. The maximum Gasteiger partial charge on any atom is 0.248 e. The first-order valence-corrected chi connectivity index (χ1v) is 10.3. The molecule has 3 rings (SSSR count). The van der Waals surface area contributed by atoms with Crippen LogP contribution in [0.25, 0.3) is 0 Å². The second-order valence-corrected chi connectivity index (χ2v) is 7.44. The maximum atomic E-state index is 11.2. The van der Waals surface area contributed by atoms with Crippen molar-refractivity contribution in [2.24, 2.45) is 10.7 Å². The Morgan fingerprint density at radius 2 is 1.76 bits per heavy atom. The molecule has 4 N–H and O–H groups in total. The summed E-state index contributed by atoms with van der Waals surface area (Å²) in [7, 11) is 0. The van der Waals surface area contributed by atoms with E-state index < -0.39 is 5.91 Å². The van der Waals surface area contributed by atoms with Gasteiger partial charge >= 0.3 is 0 Å². The molecule has 154 valence electrons. The molecule has 6 nitrogen and oxygen atoms in total. The van der Waals surface area contributed by atoms with Crippen LogP contribution in [0, 0.1) is 0 Å². The van der Waals surface area contributed by atoms with Gasteiger partial charge in [0, 0.05) is 37.8 Å². The Hall–Kier alpha value is -2.86. The molecule has 0 bridgehead atoms. The first kappa shape index (κ1) is 20.9. The third kappa shape index (κ3) is 6.61. The molecule has 1 aliphatic heterocycles. The molecular formula is C23H31N5O. The van der Waals surface area contributed by atoms with Crippen LogP contribution in [0.15, 0.2) is 59.6 Å². The van der Waals surface area contributed by atoms with Crippen molar-refractivity contribution >= 4 is 11.9 Å². The summed E-state index contributed by atoms with van der Waals surface area (Å²) in [4.78, 5) is 18.4. The minimum atomic E-state index is -0.409. The summed E-state index contributed by atoms with van der Waals surface area (Å²) in [6.07, 6.45) is 2.20. The first-order chi connectivity index (χ1) is 14.1. The van der Waals surface area contributed by atoms with E-state index in [4.69, 9.17) is 10.7 Å². The lowest BCUT2D eigenvalue weighted by Crippen LogP contribution is -2.48. The minimum Gasteiger partial charge on any atom is -0.366 e. The highest BCUT2D eigenvalue weighted by molar-refractivity contribution is 5.92. The number of amides is 1. The highest BCUT2D eigenvalue weighted by atomic mass is 16.1. The number of piperidine rings is 1. The summed E-state index contributed by atoms with van der Waals surface area (Å²) in [5, 5.41) is 6.91. The van der Waals surface area contributed by atoms with Gasteiger partial charge in [0.05, 0.1) is 6.54 Å². The fourth-order valence-corrected chi connectivity index (χ4v) is 3.54. The molecule has 1 aliphatic rings. The van der Waals surface area contributed by atoms with E-state index in [1.54, 1.807) is 12.1 Å². The highest BCUT2D eigenvalue weighted by Gasteiger charge is 2.20. The van der Waals surface area contributed by atoms with Crippen molar-refractivity contribution in [1.82, 2.24) is 15.5 Å². The van der Waals surface area contributed by atoms with Gasteiger partial charge in [0.2, 0.25) is 5.91 Å². The monoisotopic (exact) mass is 393 g/mol. The SMILES string of the molecule is CCNC(=NCc1ccc(C(N)=O)cc1)NC1CCN(Cc2ccccc2)CC1. The number of benzene rings is 2. The Labute approximate surface area is 173 Å². The number of aliphatic imine (C=N–C) groups is 1. The summed E-state index contributed by atoms with van der Waals surface area (Å²) >= 11 is 0. The number of likely N-dealkylation sites (tertiary alicyclic amines) is 1. The van der Waals surface area contributed by atoms with Gasteiger partial charge in [-0.05, 0) is 43.0 Å². The molecule has 1 saturated heterocycles. The molecule has 0 radical (unpaired) electrons. The number of primary amides is 1. The zero-order chi connectivity index (χ0) is 20.5. The number of nitrogens with two attached hydrogens (primary N) is 1. The van der Waals surface area contributed by atoms with E-state index in [-0.39, 0.29) is 0 Å². The van der Waals surface area contributed by atoms with Gasteiger partial charge in [0.1, 0.15) is 0 Å². The normalized spacial score (nSPS) is 15.8. The molecule has 0 aromatic heterocycles. The van der Waals surface area contributed by atoms with E-state index in [1.165, 1.54) is 5.56 Å². The van der Waals surface area contributed by atoms with Crippen molar-refractivity contribution in [1.29, 1.82) is 0 Å². The summed E-state index contributed by atoms with van der Waals surface area (Å²) in [5.41, 5.74) is 8.23. The number of nitrogens with zero attached hydrogens (tertiary/aromatic N) is 2. The zero-order valence-electron chi connectivity index (χ0n) is 17.1. The van der Waals surface area contributed by atoms with E-state index >= 15 is 0 Å². The summed E-state index contributed by atoms with van der Waals surface area (Å²) in [5.74, 6) is 0.432. The topological polar surface area (TPSA) is 82.7 Å². The van der Waals surface area contributed by atoms with Crippen LogP contribution in [-0.2, 0) is 13.1 Å². The Kier molecular flexibility index (Phi) is 7.64. The number of rotatable bonds is 7. The molecule has 0 atom stereocenters. The molecule has 0 saturated carbocycles. The zero-order valence-corrected chi connectivity index (χ0v) is 17.1. The molecule has 2 aromatic carbocycles. The van der Waals surface area contributed by atoms with Crippen LogP contribution in [0.1, 0.15) is 41.3 Å². The number of hydrogen-bond acceptors (Lipinski definition) is 3. The number of nitrogens with one attached hydrogen (secondary N) is 2. The van der Waals surface area contributed by atoms with Crippen LogP contribution in [-0.4, -0.2) is 42.4 Å². The molecule has 29 heavy (non-hydrogen) atoms. The average Bonchev–Trinajstić information content (AvgIpc) is 2.74. The standard InChI is InChI=1S/C23H31N5O/c1-2-25-23(26-16-18-8-10-20(11-9-18)22(24)29)27-21-12-14-28(15-13-21)17-19-6-4-3-5-7-19/h3-11,21H,2,12-17H2,1H3,(H2,24,29)(H2,25,26,27). The molecule has 0 spiro atoms. The quantitative estimate of drug-likeness (QED) is 0.499. The van der Waals surface area contributed by atoms with E-state index in [1.807, 2.05) is 12.1 Å². The van der Waals surface area contributed by atoms with Crippen molar-refractivity contribution in [2.45, 2.75) is 38.9 Å². The van der Waals surface area contributed by atoms with Crippen molar-refractivity contribution < 1.29 is 4.79 Å². The third-order valence-electron chi connectivity index (χ3n) is 5.18. The van der Waals surface area contributed by atoms with E-state index in [2.05, 4.69) is 52.8 Å².